The van der Waals surface area contributed by atoms with Gasteiger partial charge < -0.3 is 0 Å². The van der Waals surface area contributed by atoms with E-state index < -0.39 is 11.2 Å². The van der Waals surface area contributed by atoms with E-state index in [1.807, 2.05) is 0 Å². The van der Waals surface area contributed by atoms with Crippen molar-refractivity contribution in [2.45, 2.75) is 6.92 Å². The SMILES string of the molecule is Cc1cc(=O)[nH]c(=O)n1-c1cccc(Cl)c1. The molecule has 1 N–H and O–H groups in total. The van der Waals surface area contributed by atoms with Crippen LogP contribution in [0.1, 0.15) is 5.69 Å². The van der Waals surface area contributed by atoms with Crippen molar-refractivity contribution >= 4 is 11.6 Å². The highest BCUT2D eigenvalue weighted by Gasteiger charge is 2.04. The second-order valence-electron chi connectivity index (χ2n) is 3.40. The summed E-state index contributed by atoms with van der Waals surface area (Å²) in [6.45, 7) is 1.69. The Morgan fingerprint density at radius 3 is 2.62 bits per heavy atom. The standard InChI is InChI=1S/C11H9ClN2O2/c1-7-5-10(15)13-11(16)14(7)9-4-2-3-8(12)6-9/h2-6H,1H3,(H,13,15,16). The summed E-state index contributed by atoms with van der Waals surface area (Å²) in [5.74, 6) is 0. The number of halogens is 1. The highest BCUT2D eigenvalue weighted by molar-refractivity contribution is 6.30. The van der Waals surface area contributed by atoms with E-state index in [0.717, 1.165) is 0 Å². The van der Waals surface area contributed by atoms with Crippen LogP contribution in [0, 0.1) is 6.92 Å². The maximum atomic E-state index is 11.6. The number of aryl methyl sites for hydroxylation is 1. The molecule has 4 nitrogen and oxygen atoms in total. The lowest BCUT2D eigenvalue weighted by Gasteiger charge is -2.08. The molecule has 2 aromatic rings. The molecule has 0 radical (unpaired) electrons. The highest BCUT2D eigenvalue weighted by atomic mass is 35.5. The number of nitrogens with zero attached hydrogens (tertiary/aromatic N) is 1. The third-order valence-electron chi connectivity index (χ3n) is 2.19. The molecular formula is C11H9ClN2O2. The Bertz CT molecular complexity index is 643. The molecule has 0 aliphatic heterocycles. The van der Waals surface area contributed by atoms with Crippen LogP contribution in [0.4, 0.5) is 0 Å². The second kappa shape index (κ2) is 3.98. The van der Waals surface area contributed by atoms with Gasteiger partial charge in [-0.05, 0) is 25.1 Å². The first-order valence-electron chi connectivity index (χ1n) is 4.67. The molecule has 1 aromatic carbocycles. The summed E-state index contributed by atoms with van der Waals surface area (Å²) in [6, 6.07) is 8.24. The van der Waals surface area contributed by atoms with E-state index in [1.54, 1.807) is 31.2 Å². The van der Waals surface area contributed by atoms with E-state index in [1.165, 1.54) is 10.6 Å². The Morgan fingerprint density at radius 1 is 1.25 bits per heavy atom. The summed E-state index contributed by atoms with van der Waals surface area (Å²) >= 11 is 5.84. The van der Waals surface area contributed by atoms with Crippen molar-refractivity contribution < 1.29 is 0 Å². The minimum atomic E-state index is -0.465. The van der Waals surface area contributed by atoms with E-state index in [4.69, 9.17) is 11.6 Å². The number of aromatic nitrogens is 2. The first kappa shape index (κ1) is 10.7. The number of hydrogen-bond donors (Lipinski definition) is 1. The van der Waals surface area contributed by atoms with Crippen LogP contribution in [-0.2, 0) is 0 Å². The van der Waals surface area contributed by atoms with Crippen LogP contribution < -0.4 is 11.2 Å². The quantitative estimate of drug-likeness (QED) is 0.816. The lowest BCUT2D eigenvalue weighted by Crippen LogP contribution is -2.29. The molecule has 0 aliphatic carbocycles. The van der Waals surface area contributed by atoms with Crippen LogP contribution >= 0.6 is 11.6 Å². The maximum Gasteiger partial charge on any atom is 0.333 e. The summed E-state index contributed by atoms with van der Waals surface area (Å²) in [6.07, 6.45) is 0. The van der Waals surface area contributed by atoms with Gasteiger partial charge in [-0.25, -0.2) is 4.79 Å². The molecule has 5 heteroatoms. The fourth-order valence-corrected chi connectivity index (χ4v) is 1.73. The summed E-state index contributed by atoms with van der Waals surface area (Å²) < 4.78 is 1.40. The average Bonchev–Trinajstić information content (AvgIpc) is 2.15. The second-order valence-corrected chi connectivity index (χ2v) is 3.83. The first-order valence-corrected chi connectivity index (χ1v) is 5.04. The molecular weight excluding hydrogens is 228 g/mol. The summed E-state index contributed by atoms with van der Waals surface area (Å²) in [4.78, 5) is 24.9. The van der Waals surface area contributed by atoms with Crippen molar-refractivity contribution in [3.8, 4) is 5.69 Å². The van der Waals surface area contributed by atoms with E-state index in [2.05, 4.69) is 4.98 Å². The summed E-state index contributed by atoms with van der Waals surface area (Å²) in [5, 5.41) is 0.537. The topological polar surface area (TPSA) is 54.9 Å². The fourth-order valence-electron chi connectivity index (χ4n) is 1.55. The zero-order valence-corrected chi connectivity index (χ0v) is 9.28. The maximum absolute atomic E-state index is 11.6. The van der Waals surface area contributed by atoms with Gasteiger partial charge in [0.2, 0.25) is 0 Å². The smallest absolute Gasteiger partial charge is 0.274 e. The van der Waals surface area contributed by atoms with Gasteiger partial charge in [-0.15, -0.1) is 0 Å². The van der Waals surface area contributed by atoms with Crippen molar-refractivity contribution in [3.63, 3.8) is 0 Å². The van der Waals surface area contributed by atoms with Gasteiger partial charge in [0.25, 0.3) is 5.56 Å². The van der Waals surface area contributed by atoms with Gasteiger partial charge in [-0.3, -0.25) is 14.3 Å². The monoisotopic (exact) mass is 236 g/mol. The average molecular weight is 237 g/mol. The third-order valence-corrected chi connectivity index (χ3v) is 2.43. The minimum absolute atomic E-state index is 0.402. The Kier molecular flexibility index (Phi) is 2.66. The molecule has 1 aromatic heterocycles. The van der Waals surface area contributed by atoms with Gasteiger partial charge in [0.1, 0.15) is 0 Å². The predicted octanol–water partition coefficient (Wildman–Crippen LogP) is 1.49. The van der Waals surface area contributed by atoms with Gasteiger partial charge in [0.05, 0.1) is 5.69 Å². The molecule has 0 atom stereocenters. The molecule has 0 fully saturated rings. The summed E-state index contributed by atoms with van der Waals surface area (Å²) in [5.41, 5.74) is 0.329. The normalized spacial score (nSPS) is 10.4. The van der Waals surface area contributed by atoms with Gasteiger partial charge >= 0.3 is 5.69 Å². The van der Waals surface area contributed by atoms with E-state index in [0.29, 0.717) is 16.4 Å². The minimum Gasteiger partial charge on any atom is -0.274 e. The Morgan fingerprint density at radius 2 is 2.00 bits per heavy atom. The molecule has 0 amide bonds. The number of H-pyrrole nitrogens is 1. The van der Waals surface area contributed by atoms with Crippen molar-refractivity contribution in [2.24, 2.45) is 0 Å². The van der Waals surface area contributed by atoms with Crippen LogP contribution in [0.3, 0.4) is 0 Å². The van der Waals surface area contributed by atoms with Gasteiger partial charge in [0.15, 0.2) is 0 Å². The van der Waals surface area contributed by atoms with Crippen LogP contribution in [0.25, 0.3) is 5.69 Å². The van der Waals surface area contributed by atoms with Crippen LogP contribution in [0.5, 0.6) is 0 Å². The number of nitrogens with one attached hydrogen (secondary N) is 1. The van der Waals surface area contributed by atoms with Crippen molar-refractivity contribution in [1.29, 1.82) is 0 Å². The van der Waals surface area contributed by atoms with Gasteiger partial charge in [-0.1, -0.05) is 17.7 Å². The zero-order chi connectivity index (χ0) is 11.7. The van der Waals surface area contributed by atoms with Crippen LogP contribution in [-0.4, -0.2) is 9.55 Å². The molecule has 1 heterocycles. The molecule has 0 aliphatic rings. The molecule has 16 heavy (non-hydrogen) atoms. The first-order chi connectivity index (χ1) is 7.58. The fraction of sp³-hybridized carbons (Fsp3) is 0.0909. The Balaban J connectivity index is 2.74. The van der Waals surface area contributed by atoms with Crippen LogP contribution in [0.15, 0.2) is 39.9 Å². The zero-order valence-electron chi connectivity index (χ0n) is 8.53. The molecule has 0 bridgehead atoms. The molecule has 0 saturated heterocycles. The molecule has 0 unspecified atom stereocenters. The number of benzene rings is 1. The van der Waals surface area contributed by atoms with E-state index >= 15 is 0 Å². The van der Waals surface area contributed by atoms with E-state index in [9.17, 15) is 9.59 Å². The van der Waals surface area contributed by atoms with E-state index in [-0.39, 0.29) is 0 Å². The van der Waals surface area contributed by atoms with Crippen molar-refractivity contribution in [3.05, 3.63) is 61.9 Å². The molecule has 82 valence electrons. The molecule has 0 spiro atoms. The van der Waals surface area contributed by atoms with Crippen molar-refractivity contribution in [1.82, 2.24) is 9.55 Å². The number of aromatic amines is 1. The highest BCUT2D eigenvalue weighted by Crippen LogP contribution is 2.13. The van der Waals surface area contributed by atoms with Crippen LogP contribution in [0.2, 0.25) is 5.02 Å². The predicted molar refractivity (Wildman–Crippen MR) is 62.4 cm³/mol. The Hall–Kier alpha value is -1.81. The van der Waals surface area contributed by atoms with Gasteiger partial charge in [0, 0.05) is 16.8 Å². The third kappa shape index (κ3) is 1.92. The largest absolute Gasteiger partial charge is 0.333 e. The lowest BCUT2D eigenvalue weighted by molar-refractivity contribution is 0.856. The Labute approximate surface area is 96.1 Å². The molecule has 2 rings (SSSR count). The molecule has 0 saturated carbocycles. The number of hydrogen-bond acceptors (Lipinski definition) is 2. The van der Waals surface area contributed by atoms with Crippen molar-refractivity contribution in [2.75, 3.05) is 0 Å². The summed E-state index contributed by atoms with van der Waals surface area (Å²) in [7, 11) is 0. The number of rotatable bonds is 1. The lowest BCUT2D eigenvalue weighted by atomic mass is 10.3. The van der Waals surface area contributed by atoms with Gasteiger partial charge in [-0.2, -0.15) is 0 Å².